The van der Waals surface area contributed by atoms with Crippen LogP contribution in [0.3, 0.4) is 0 Å². The van der Waals surface area contributed by atoms with Crippen molar-refractivity contribution < 1.29 is 4.79 Å². The number of nitrogens with two attached hydrogens (primary N) is 1. The number of rotatable bonds is 5. The Balaban J connectivity index is 1.71. The van der Waals surface area contributed by atoms with Gasteiger partial charge in [-0.1, -0.05) is 30.3 Å². The number of carbonyl (C=O) groups excluding carboxylic acids is 1. The summed E-state index contributed by atoms with van der Waals surface area (Å²) in [6.07, 6.45) is 7.29. The Bertz CT molecular complexity index is 637. The van der Waals surface area contributed by atoms with Gasteiger partial charge in [-0.2, -0.15) is 0 Å². The van der Waals surface area contributed by atoms with E-state index in [4.69, 9.17) is 5.84 Å². The van der Waals surface area contributed by atoms with E-state index in [0.717, 1.165) is 19.3 Å². The number of nitrogens with zero attached hydrogens (tertiary/aromatic N) is 2. The van der Waals surface area contributed by atoms with Gasteiger partial charge in [0.2, 0.25) is 5.95 Å². The van der Waals surface area contributed by atoms with Gasteiger partial charge in [-0.25, -0.2) is 15.8 Å². The molecule has 1 aliphatic rings. The number of hydrogen-bond acceptors (Lipinski definition) is 5. The van der Waals surface area contributed by atoms with E-state index in [1.54, 1.807) is 0 Å². The lowest BCUT2D eigenvalue weighted by Crippen LogP contribution is -2.47. The number of aromatic nitrogens is 2. The van der Waals surface area contributed by atoms with Crippen LogP contribution in [0.25, 0.3) is 0 Å². The Morgan fingerprint density at radius 2 is 1.86 bits per heavy atom. The van der Waals surface area contributed by atoms with Gasteiger partial charge < -0.3 is 5.32 Å². The normalized spacial score (nSPS) is 15.7. The first-order valence-corrected chi connectivity index (χ1v) is 7.36. The summed E-state index contributed by atoms with van der Waals surface area (Å²) in [5.74, 6) is 5.24. The molecule has 1 heterocycles. The average molecular weight is 297 g/mol. The molecule has 0 bridgehead atoms. The highest BCUT2D eigenvalue weighted by molar-refractivity contribution is 5.93. The first-order valence-electron chi connectivity index (χ1n) is 7.36. The fourth-order valence-electron chi connectivity index (χ4n) is 2.77. The molecule has 1 aromatic carbocycles. The predicted octanol–water partition coefficient (Wildman–Crippen LogP) is 1.66. The lowest BCUT2D eigenvalue weighted by Gasteiger charge is -2.43. The number of anilines is 1. The molecule has 4 N–H and O–H groups in total. The van der Waals surface area contributed by atoms with Crippen molar-refractivity contribution in [2.24, 2.45) is 5.84 Å². The first-order chi connectivity index (χ1) is 10.7. The third-order valence-electron chi connectivity index (χ3n) is 4.12. The Kier molecular flexibility index (Phi) is 4.02. The van der Waals surface area contributed by atoms with Gasteiger partial charge >= 0.3 is 0 Å². The van der Waals surface area contributed by atoms with Crippen molar-refractivity contribution >= 4 is 11.9 Å². The van der Waals surface area contributed by atoms with Crippen molar-refractivity contribution in [3.8, 4) is 0 Å². The van der Waals surface area contributed by atoms with Crippen molar-refractivity contribution in [1.29, 1.82) is 0 Å². The van der Waals surface area contributed by atoms with E-state index < -0.39 is 5.91 Å². The van der Waals surface area contributed by atoms with E-state index in [2.05, 4.69) is 45.0 Å². The first kappa shape index (κ1) is 14.5. The smallest absolute Gasteiger partial charge is 0.268 e. The Hall–Kier alpha value is -2.47. The van der Waals surface area contributed by atoms with Crippen LogP contribution in [0, 0.1) is 0 Å². The van der Waals surface area contributed by atoms with E-state index in [1.807, 2.05) is 6.07 Å². The molecule has 114 valence electrons. The van der Waals surface area contributed by atoms with Crippen molar-refractivity contribution in [1.82, 2.24) is 15.4 Å². The molecule has 1 saturated carbocycles. The molecule has 0 saturated heterocycles. The maximum Gasteiger partial charge on any atom is 0.268 e. The molecule has 0 spiro atoms. The molecule has 1 aromatic heterocycles. The van der Waals surface area contributed by atoms with E-state index in [1.165, 1.54) is 24.4 Å². The maximum atomic E-state index is 11.4. The highest BCUT2D eigenvalue weighted by atomic mass is 16.2. The van der Waals surface area contributed by atoms with Crippen LogP contribution in [0.15, 0.2) is 42.7 Å². The molecule has 1 fully saturated rings. The highest BCUT2D eigenvalue weighted by Crippen LogP contribution is 2.37. The summed E-state index contributed by atoms with van der Waals surface area (Å²) >= 11 is 0. The summed E-state index contributed by atoms with van der Waals surface area (Å²) in [7, 11) is 0. The van der Waals surface area contributed by atoms with Gasteiger partial charge in [-0.3, -0.25) is 10.2 Å². The van der Waals surface area contributed by atoms with E-state index in [-0.39, 0.29) is 5.54 Å². The summed E-state index contributed by atoms with van der Waals surface area (Å²) in [6, 6.07) is 10.4. The zero-order valence-electron chi connectivity index (χ0n) is 12.2. The van der Waals surface area contributed by atoms with Crippen LogP contribution in [0.1, 0.15) is 35.2 Å². The molecule has 22 heavy (non-hydrogen) atoms. The molecule has 1 aliphatic carbocycles. The molecule has 3 rings (SSSR count). The van der Waals surface area contributed by atoms with Gasteiger partial charge in [-0.15, -0.1) is 0 Å². The van der Waals surface area contributed by atoms with Crippen LogP contribution in [0.2, 0.25) is 0 Å². The second-order valence-corrected chi connectivity index (χ2v) is 5.69. The second kappa shape index (κ2) is 6.11. The van der Waals surface area contributed by atoms with Gasteiger partial charge in [0.05, 0.1) is 5.56 Å². The number of carbonyl (C=O) groups is 1. The third-order valence-corrected chi connectivity index (χ3v) is 4.12. The van der Waals surface area contributed by atoms with Gasteiger partial charge in [0, 0.05) is 17.9 Å². The van der Waals surface area contributed by atoms with Crippen LogP contribution in [-0.4, -0.2) is 21.4 Å². The van der Waals surface area contributed by atoms with Gasteiger partial charge in [-0.05, 0) is 31.2 Å². The van der Waals surface area contributed by atoms with E-state index >= 15 is 0 Å². The quantitative estimate of drug-likeness (QED) is 0.443. The number of nitrogen functional groups attached to an aromatic ring is 1. The highest BCUT2D eigenvalue weighted by Gasteiger charge is 2.37. The van der Waals surface area contributed by atoms with Gasteiger partial charge in [0.1, 0.15) is 0 Å². The van der Waals surface area contributed by atoms with Crippen LogP contribution in [0.5, 0.6) is 0 Å². The molecular formula is C16H19N5O. The van der Waals surface area contributed by atoms with Gasteiger partial charge in [0.15, 0.2) is 0 Å². The van der Waals surface area contributed by atoms with Crippen molar-refractivity contribution in [2.45, 2.75) is 31.2 Å². The topological polar surface area (TPSA) is 92.9 Å². The minimum atomic E-state index is -0.394. The lowest BCUT2D eigenvalue weighted by molar-refractivity contribution is 0.0953. The molecule has 0 atom stereocenters. The third kappa shape index (κ3) is 3.07. The average Bonchev–Trinajstić information content (AvgIpc) is 2.53. The second-order valence-electron chi connectivity index (χ2n) is 5.69. The molecular weight excluding hydrogens is 278 g/mol. The molecule has 1 amide bonds. The molecule has 6 nitrogen and oxygen atoms in total. The Morgan fingerprint density at radius 3 is 2.41 bits per heavy atom. The van der Waals surface area contributed by atoms with Crippen molar-refractivity contribution in [3.05, 3.63) is 53.9 Å². The summed E-state index contributed by atoms with van der Waals surface area (Å²) < 4.78 is 0. The molecule has 0 aliphatic heterocycles. The molecule has 0 unspecified atom stereocenters. The number of benzene rings is 1. The zero-order chi connectivity index (χ0) is 15.4. The predicted molar refractivity (Wildman–Crippen MR) is 84.0 cm³/mol. The fourth-order valence-corrected chi connectivity index (χ4v) is 2.77. The van der Waals surface area contributed by atoms with Gasteiger partial charge in [0.25, 0.3) is 5.91 Å². The van der Waals surface area contributed by atoms with Crippen molar-refractivity contribution in [3.63, 3.8) is 0 Å². The largest absolute Gasteiger partial charge is 0.348 e. The zero-order valence-corrected chi connectivity index (χ0v) is 12.2. The Labute approximate surface area is 129 Å². The SMILES string of the molecule is NNC(=O)c1cnc(NC2(Cc3ccccc3)CCC2)nc1. The van der Waals surface area contributed by atoms with Crippen LogP contribution in [0.4, 0.5) is 5.95 Å². The summed E-state index contributed by atoms with van der Waals surface area (Å²) in [5, 5.41) is 3.44. The minimum absolute atomic E-state index is 0.0129. The lowest BCUT2D eigenvalue weighted by atomic mass is 9.73. The molecule has 0 radical (unpaired) electrons. The number of amides is 1. The van der Waals surface area contributed by atoms with Crippen molar-refractivity contribution in [2.75, 3.05) is 5.32 Å². The number of hydrogen-bond donors (Lipinski definition) is 3. The molecule has 6 heteroatoms. The summed E-state index contributed by atoms with van der Waals surface area (Å²) in [6.45, 7) is 0. The Morgan fingerprint density at radius 1 is 1.18 bits per heavy atom. The minimum Gasteiger partial charge on any atom is -0.348 e. The monoisotopic (exact) mass is 297 g/mol. The van der Waals surface area contributed by atoms with Crippen LogP contribution < -0.4 is 16.6 Å². The summed E-state index contributed by atoms with van der Waals surface area (Å²) in [5.41, 5.74) is 3.72. The fraction of sp³-hybridized carbons (Fsp3) is 0.312. The summed E-state index contributed by atoms with van der Waals surface area (Å²) in [4.78, 5) is 19.8. The number of hydrazine groups is 1. The maximum absolute atomic E-state index is 11.4. The molecule has 2 aromatic rings. The van der Waals surface area contributed by atoms with E-state index in [9.17, 15) is 4.79 Å². The standard InChI is InChI=1S/C16H19N5O/c17-21-14(22)13-10-18-15(19-11-13)20-16(7-4-8-16)9-12-5-2-1-3-6-12/h1-3,5-6,10-11H,4,7-9,17H2,(H,21,22)(H,18,19,20). The van der Waals surface area contributed by atoms with Crippen LogP contribution >= 0.6 is 0 Å². The van der Waals surface area contributed by atoms with Crippen LogP contribution in [-0.2, 0) is 6.42 Å². The number of nitrogens with one attached hydrogen (secondary N) is 2. The van der Waals surface area contributed by atoms with E-state index in [0.29, 0.717) is 11.5 Å².